The van der Waals surface area contributed by atoms with Crippen LogP contribution in [0, 0.1) is 0 Å². The lowest BCUT2D eigenvalue weighted by atomic mass is 9.90. The van der Waals surface area contributed by atoms with Crippen LogP contribution >= 0.6 is 11.8 Å². The first-order valence-electron chi connectivity index (χ1n) is 9.01. The lowest BCUT2D eigenvalue weighted by Crippen LogP contribution is -2.48. The Kier molecular flexibility index (Phi) is 8.22. The Morgan fingerprint density at radius 1 is 1.17 bits per heavy atom. The van der Waals surface area contributed by atoms with Gasteiger partial charge < -0.3 is 15.4 Å². The molecule has 0 saturated heterocycles. The van der Waals surface area contributed by atoms with E-state index in [0.717, 1.165) is 25.8 Å². The van der Waals surface area contributed by atoms with Crippen molar-refractivity contribution in [1.82, 2.24) is 10.6 Å². The molecular weight excluding hydrogens is 308 g/mol. The largest absolute Gasteiger partial charge is 0.444 e. The predicted octanol–water partition coefficient (Wildman–Crippen LogP) is 4.33. The summed E-state index contributed by atoms with van der Waals surface area (Å²) in [6.07, 6.45) is 8.69. The molecule has 4 nitrogen and oxygen atoms in total. The third-order valence-corrected chi connectivity index (χ3v) is 6.42. The highest BCUT2D eigenvalue weighted by atomic mass is 32.2. The van der Waals surface area contributed by atoms with Gasteiger partial charge in [0.2, 0.25) is 0 Å². The van der Waals surface area contributed by atoms with E-state index in [1.165, 1.54) is 19.3 Å². The molecule has 0 spiro atoms. The van der Waals surface area contributed by atoms with Gasteiger partial charge in [0.05, 0.1) is 0 Å². The van der Waals surface area contributed by atoms with Crippen LogP contribution in [0.1, 0.15) is 73.1 Å². The molecule has 0 radical (unpaired) electrons. The van der Waals surface area contributed by atoms with E-state index in [2.05, 4.69) is 30.7 Å². The smallest absolute Gasteiger partial charge is 0.407 e. The zero-order valence-electron chi connectivity index (χ0n) is 15.8. The summed E-state index contributed by atoms with van der Waals surface area (Å²) < 4.78 is 5.71. The van der Waals surface area contributed by atoms with Crippen molar-refractivity contribution in [2.24, 2.45) is 0 Å². The number of alkyl carbamates (subject to hydrolysis) is 1. The molecule has 1 aliphatic rings. The first-order chi connectivity index (χ1) is 10.7. The molecular formula is C18H36N2O2S. The molecule has 1 rings (SSSR count). The third-order valence-electron chi connectivity index (χ3n) is 4.83. The maximum Gasteiger partial charge on any atom is 0.407 e. The van der Waals surface area contributed by atoms with Crippen LogP contribution in [-0.2, 0) is 4.74 Å². The van der Waals surface area contributed by atoms with Gasteiger partial charge in [-0.25, -0.2) is 4.79 Å². The van der Waals surface area contributed by atoms with Crippen LogP contribution in [0.25, 0.3) is 0 Å². The molecule has 136 valence electrons. The van der Waals surface area contributed by atoms with Gasteiger partial charge >= 0.3 is 6.09 Å². The van der Waals surface area contributed by atoms with Crippen molar-refractivity contribution in [3.63, 3.8) is 0 Å². The lowest BCUT2D eigenvalue weighted by molar-refractivity contribution is 0.0488. The molecule has 1 saturated carbocycles. The van der Waals surface area contributed by atoms with Crippen LogP contribution < -0.4 is 10.6 Å². The fraction of sp³-hybridized carbons (Fsp3) is 0.944. The van der Waals surface area contributed by atoms with E-state index in [1.807, 2.05) is 32.5 Å². The van der Waals surface area contributed by atoms with Crippen LogP contribution in [0.5, 0.6) is 0 Å². The predicted molar refractivity (Wildman–Crippen MR) is 100 cm³/mol. The topological polar surface area (TPSA) is 50.4 Å². The van der Waals surface area contributed by atoms with Gasteiger partial charge in [0.15, 0.2) is 0 Å². The molecule has 2 unspecified atom stereocenters. The maximum absolute atomic E-state index is 11.9. The minimum absolute atomic E-state index is 0.225. The summed E-state index contributed by atoms with van der Waals surface area (Å²) in [6, 6.07) is 0.719. The second kappa shape index (κ2) is 9.16. The van der Waals surface area contributed by atoms with Crippen LogP contribution in [-0.4, -0.2) is 41.3 Å². The Hall–Kier alpha value is -0.420. The van der Waals surface area contributed by atoms with Gasteiger partial charge in [-0.2, -0.15) is 11.8 Å². The quantitative estimate of drug-likeness (QED) is 0.721. The average molecular weight is 345 g/mol. The molecule has 1 amide bonds. The second-order valence-electron chi connectivity index (χ2n) is 7.68. The van der Waals surface area contributed by atoms with E-state index in [1.54, 1.807) is 0 Å². The van der Waals surface area contributed by atoms with Crippen molar-refractivity contribution in [1.29, 1.82) is 0 Å². The number of hydrogen-bond donors (Lipinski definition) is 2. The fourth-order valence-electron chi connectivity index (χ4n) is 3.17. The monoisotopic (exact) mass is 344 g/mol. The van der Waals surface area contributed by atoms with Gasteiger partial charge in [0.25, 0.3) is 0 Å². The highest BCUT2D eigenvalue weighted by Crippen LogP contribution is 2.30. The lowest BCUT2D eigenvalue weighted by Gasteiger charge is -2.35. The minimum atomic E-state index is -0.434. The van der Waals surface area contributed by atoms with Crippen molar-refractivity contribution in [2.75, 3.05) is 12.8 Å². The summed E-state index contributed by atoms with van der Waals surface area (Å²) in [5, 5.41) is 6.79. The zero-order valence-corrected chi connectivity index (χ0v) is 16.6. The molecule has 23 heavy (non-hydrogen) atoms. The van der Waals surface area contributed by atoms with E-state index >= 15 is 0 Å². The Morgan fingerprint density at radius 2 is 1.78 bits per heavy atom. The molecule has 0 bridgehead atoms. The van der Waals surface area contributed by atoms with E-state index in [4.69, 9.17) is 4.74 Å². The molecule has 1 fully saturated rings. The molecule has 1 aliphatic carbocycles. The van der Waals surface area contributed by atoms with Gasteiger partial charge in [-0.1, -0.05) is 13.8 Å². The highest BCUT2D eigenvalue weighted by Gasteiger charge is 2.29. The van der Waals surface area contributed by atoms with Gasteiger partial charge in [0, 0.05) is 23.4 Å². The number of carbonyl (C=O) groups is 1. The minimum Gasteiger partial charge on any atom is -0.444 e. The molecule has 2 atom stereocenters. The van der Waals surface area contributed by atoms with Crippen molar-refractivity contribution in [3.8, 4) is 0 Å². The molecule has 0 aromatic heterocycles. The second-order valence-corrected chi connectivity index (χ2v) is 8.96. The Bertz CT molecular complexity index is 356. The number of hydrogen-bond acceptors (Lipinski definition) is 4. The van der Waals surface area contributed by atoms with E-state index in [-0.39, 0.29) is 12.1 Å². The summed E-state index contributed by atoms with van der Waals surface area (Å²) in [5.74, 6) is 0. The SMILES string of the molecule is CCC(CC)(CNC1CCCC(NC(=O)OC(C)(C)C)C1)SC. The summed E-state index contributed by atoms with van der Waals surface area (Å²) in [7, 11) is 0. The number of amides is 1. The van der Waals surface area contributed by atoms with E-state index in [0.29, 0.717) is 10.8 Å². The van der Waals surface area contributed by atoms with E-state index in [9.17, 15) is 4.79 Å². The van der Waals surface area contributed by atoms with Crippen molar-refractivity contribution in [2.45, 2.75) is 95.6 Å². The number of nitrogens with one attached hydrogen (secondary N) is 2. The summed E-state index contributed by atoms with van der Waals surface area (Å²) in [6.45, 7) is 11.3. The summed E-state index contributed by atoms with van der Waals surface area (Å²) >= 11 is 1.97. The van der Waals surface area contributed by atoms with Crippen molar-refractivity contribution >= 4 is 17.9 Å². The summed E-state index contributed by atoms with van der Waals surface area (Å²) in [4.78, 5) is 11.9. The first kappa shape index (κ1) is 20.6. The van der Waals surface area contributed by atoms with Crippen molar-refractivity contribution in [3.05, 3.63) is 0 Å². The van der Waals surface area contributed by atoms with Crippen molar-refractivity contribution < 1.29 is 9.53 Å². The Morgan fingerprint density at radius 3 is 2.30 bits per heavy atom. The number of ether oxygens (including phenoxy) is 1. The highest BCUT2D eigenvalue weighted by molar-refractivity contribution is 8.00. The number of thioether (sulfide) groups is 1. The van der Waals surface area contributed by atoms with Gasteiger partial charge in [-0.05, 0) is 65.6 Å². The number of carbonyl (C=O) groups excluding carboxylic acids is 1. The number of rotatable bonds is 7. The maximum atomic E-state index is 11.9. The summed E-state index contributed by atoms with van der Waals surface area (Å²) in [5.41, 5.74) is -0.434. The van der Waals surface area contributed by atoms with Crippen LogP contribution in [0.2, 0.25) is 0 Å². The third kappa shape index (κ3) is 7.34. The van der Waals surface area contributed by atoms with Crippen LogP contribution in [0.4, 0.5) is 4.79 Å². The molecule has 0 aromatic carbocycles. The fourth-order valence-corrected chi connectivity index (χ4v) is 3.98. The average Bonchev–Trinajstić information content (AvgIpc) is 2.47. The van der Waals surface area contributed by atoms with Gasteiger partial charge in [-0.15, -0.1) is 0 Å². The molecule has 0 aliphatic heterocycles. The Balaban J connectivity index is 2.44. The zero-order chi connectivity index (χ0) is 17.5. The van der Waals surface area contributed by atoms with Crippen LogP contribution in [0.15, 0.2) is 0 Å². The van der Waals surface area contributed by atoms with Gasteiger partial charge in [0.1, 0.15) is 5.60 Å². The van der Waals surface area contributed by atoms with Gasteiger partial charge in [-0.3, -0.25) is 0 Å². The first-order valence-corrected chi connectivity index (χ1v) is 10.2. The molecule has 2 N–H and O–H groups in total. The molecule has 0 aromatic rings. The van der Waals surface area contributed by atoms with E-state index < -0.39 is 5.60 Å². The molecule has 5 heteroatoms. The normalized spacial score (nSPS) is 22.7. The standard InChI is InChI=1S/C18H36N2O2S/c1-7-18(8-2,23-6)13-19-14-10-9-11-15(12-14)20-16(21)22-17(3,4)5/h14-15,19H,7-13H2,1-6H3,(H,20,21). The van der Waals surface area contributed by atoms with Crippen LogP contribution in [0.3, 0.4) is 0 Å². The molecule has 0 heterocycles. The Labute approximate surface area is 146 Å².